The zero-order chi connectivity index (χ0) is 23.5. The Morgan fingerprint density at radius 2 is 0.839 bits per heavy atom. The summed E-state index contributed by atoms with van der Waals surface area (Å²) < 4.78 is 0. The van der Waals surface area contributed by atoms with Gasteiger partial charge in [-0.15, -0.1) is 0 Å². The molecule has 0 amide bonds. The molecule has 0 radical (unpaired) electrons. The summed E-state index contributed by atoms with van der Waals surface area (Å²) in [4.78, 5) is 0. The Morgan fingerprint density at radius 1 is 0.452 bits per heavy atom. The molecule has 1 heteroatoms. The van der Waals surface area contributed by atoms with Gasteiger partial charge in [0.05, 0.1) is 0 Å². The highest BCUT2D eigenvalue weighted by Crippen LogP contribution is 2.32. The summed E-state index contributed by atoms with van der Waals surface area (Å²) in [7, 11) is 0. The molecule has 0 aliphatic rings. The van der Waals surface area contributed by atoms with Crippen LogP contribution in [0, 0.1) is 35.5 Å². The van der Waals surface area contributed by atoms with E-state index in [0.717, 1.165) is 23.7 Å². The zero-order valence-corrected chi connectivity index (χ0v) is 22.9. The number of aliphatic hydroxyl groups excluding tert-OH is 1. The van der Waals surface area contributed by atoms with E-state index < -0.39 is 0 Å². The highest BCUT2D eigenvalue weighted by molar-refractivity contribution is 4.71. The molecule has 0 saturated carbocycles. The van der Waals surface area contributed by atoms with Gasteiger partial charge in [-0.25, -0.2) is 0 Å². The molecule has 0 bridgehead atoms. The monoisotopic (exact) mass is 438 g/mol. The van der Waals surface area contributed by atoms with Crippen LogP contribution < -0.4 is 0 Å². The molecular weight excluding hydrogens is 376 g/mol. The van der Waals surface area contributed by atoms with Crippen molar-refractivity contribution in [2.75, 3.05) is 6.61 Å². The molecular formula is C30H62O. The lowest BCUT2D eigenvalue weighted by Gasteiger charge is -2.27. The van der Waals surface area contributed by atoms with Crippen molar-refractivity contribution < 1.29 is 5.11 Å². The Balaban J connectivity index is 4.47. The van der Waals surface area contributed by atoms with Crippen LogP contribution in [0.3, 0.4) is 0 Å². The predicted molar refractivity (Wildman–Crippen MR) is 142 cm³/mol. The summed E-state index contributed by atoms with van der Waals surface area (Å²) in [6.07, 6.45) is 22.2. The molecule has 188 valence electrons. The molecule has 0 spiro atoms. The van der Waals surface area contributed by atoms with Gasteiger partial charge < -0.3 is 5.11 Å². The number of hydrogen-bond donors (Lipinski definition) is 1. The minimum atomic E-state index is 0.376. The minimum absolute atomic E-state index is 0.376. The third kappa shape index (κ3) is 20.3. The number of rotatable bonds is 22. The summed E-state index contributed by atoms with van der Waals surface area (Å²) in [5.74, 6) is 4.65. The van der Waals surface area contributed by atoms with E-state index in [4.69, 9.17) is 0 Å². The van der Waals surface area contributed by atoms with E-state index in [1.807, 2.05) is 0 Å². The van der Waals surface area contributed by atoms with E-state index in [0.29, 0.717) is 18.4 Å². The van der Waals surface area contributed by atoms with E-state index in [-0.39, 0.29) is 0 Å². The van der Waals surface area contributed by atoms with Gasteiger partial charge in [-0.1, -0.05) is 119 Å². The number of unbranched alkanes of at least 4 members (excludes halogenated alkanes) is 7. The lowest BCUT2D eigenvalue weighted by molar-refractivity contribution is 0.188. The molecule has 3 atom stereocenters. The second kappa shape index (κ2) is 20.6. The molecule has 0 fully saturated rings. The first kappa shape index (κ1) is 31.0. The normalized spacial score (nSPS) is 15.2. The topological polar surface area (TPSA) is 20.2 Å². The van der Waals surface area contributed by atoms with Crippen LogP contribution in [0.1, 0.15) is 151 Å². The molecule has 0 aliphatic heterocycles. The van der Waals surface area contributed by atoms with Gasteiger partial charge in [-0.05, 0) is 67.6 Å². The van der Waals surface area contributed by atoms with E-state index in [9.17, 15) is 5.11 Å². The lowest BCUT2D eigenvalue weighted by atomic mass is 9.79. The van der Waals surface area contributed by atoms with Crippen LogP contribution in [0.2, 0.25) is 0 Å². The van der Waals surface area contributed by atoms with Gasteiger partial charge in [-0.2, -0.15) is 0 Å². The Labute approximate surface area is 198 Å². The fourth-order valence-electron chi connectivity index (χ4n) is 5.68. The first-order valence-corrected chi connectivity index (χ1v) is 14.4. The summed E-state index contributed by atoms with van der Waals surface area (Å²) in [5, 5.41) is 9.73. The van der Waals surface area contributed by atoms with Crippen LogP contribution in [0.4, 0.5) is 0 Å². The fourth-order valence-corrected chi connectivity index (χ4v) is 5.68. The summed E-state index contributed by atoms with van der Waals surface area (Å²) >= 11 is 0. The molecule has 0 saturated heterocycles. The van der Waals surface area contributed by atoms with E-state index >= 15 is 0 Å². The van der Waals surface area contributed by atoms with Crippen molar-refractivity contribution in [1.29, 1.82) is 0 Å². The summed E-state index contributed by atoms with van der Waals surface area (Å²) in [6.45, 7) is 16.9. The molecule has 31 heavy (non-hydrogen) atoms. The third-order valence-electron chi connectivity index (χ3n) is 7.03. The molecule has 1 nitrogen and oxygen atoms in total. The molecule has 0 aliphatic carbocycles. The Hall–Kier alpha value is -0.0400. The van der Waals surface area contributed by atoms with Gasteiger partial charge in [0, 0.05) is 6.61 Å². The van der Waals surface area contributed by atoms with Gasteiger partial charge in [0.15, 0.2) is 0 Å². The minimum Gasteiger partial charge on any atom is -0.396 e. The number of aliphatic hydroxyl groups is 1. The first-order chi connectivity index (χ1) is 14.8. The van der Waals surface area contributed by atoms with Crippen LogP contribution in [0.15, 0.2) is 0 Å². The smallest absolute Gasteiger partial charge is 0.0459 e. The van der Waals surface area contributed by atoms with E-state index in [1.165, 1.54) is 103 Å². The van der Waals surface area contributed by atoms with Crippen molar-refractivity contribution in [3.05, 3.63) is 0 Å². The Bertz CT molecular complexity index is 359. The fraction of sp³-hybridized carbons (Fsp3) is 1.00. The molecule has 0 rings (SSSR count). The van der Waals surface area contributed by atoms with Gasteiger partial charge in [0.25, 0.3) is 0 Å². The van der Waals surface area contributed by atoms with Crippen LogP contribution in [-0.2, 0) is 0 Å². The average Bonchev–Trinajstić information content (AvgIpc) is 2.67. The van der Waals surface area contributed by atoms with Gasteiger partial charge in [0.1, 0.15) is 0 Å². The van der Waals surface area contributed by atoms with Gasteiger partial charge >= 0.3 is 0 Å². The summed E-state index contributed by atoms with van der Waals surface area (Å²) in [6, 6.07) is 0. The van der Waals surface area contributed by atoms with Crippen molar-refractivity contribution >= 4 is 0 Å². The zero-order valence-electron chi connectivity index (χ0n) is 22.9. The van der Waals surface area contributed by atoms with Crippen LogP contribution in [0.25, 0.3) is 0 Å². The lowest BCUT2D eigenvalue weighted by Crippen LogP contribution is -2.15. The first-order valence-electron chi connectivity index (χ1n) is 14.4. The Morgan fingerprint density at radius 3 is 1.29 bits per heavy atom. The van der Waals surface area contributed by atoms with E-state index in [2.05, 4.69) is 48.5 Å². The molecule has 0 aromatic carbocycles. The largest absolute Gasteiger partial charge is 0.396 e. The predicted octanol–water partition coefficient (Wildman–Crippen LogP) is 10.1. The molecule has 0 aromatic heterocycles. The van der Waals surface area contributed by atoms with E-state index in [1.54, 1.807) is 0 Å². The SMILES string of the molecule is CCCCCCCCCCC(CC(C)C)CC(CCCC(CO)CC(C)C)CC(C)C. The second-order valence-corrected chi connectivity index (χ2v) is 12.1. The highest BCUT2D eigenvalue weighted by atomic mass is 16.3. The van der Waals surface area contributed by atoms with Crippen molar-refractivity contribution in [1.82, 2.24) is 0 Å². The summed E-state index contributed by atoms with van der Waals surface area (Å²) in [5.41, 5.74) is 0. The molecule has 0 aromatic rings. The Kier molecular flexibility index (Phi) is 20.5. The molecule has 1 N–H and O–H groups in total. The molecule has 3 unspecified atom stereocenters. The standard InChI is InChI=1S/C30H62O/c1-8-9-10-11-12-13-14-15-17-28(20-25(2)3)23-29(21-26(4)5)18-16-19-30(24-31)22-27(6)7/h25-31H,8-24H2,1-7H3. The van der Waals surface area contributed by atoms with Gasteiger partial charge in [0.2, 0.25) is 0 Å². The maximum atomic E-state index is 9.73. The second-order valence-electron chi connectivity index (χ2n) is 12.1. The van der Waals surface area contributed by atoms with Crippen LogP contribution in [0.5, 0.6) is 0 Å². The highest BCUT2D eigenvalue weighted by Gasteiger charge is 2.19. The van der Waals surface area contributed by atoms with Gasteiger partial charge in [-0.3, -0.25) is 0 Å². The molecule has 0 heterocycles. The third-order valence-corrected chi connectivity index (χ3v) is 7.03. The van der Waals surface area contributed by atoms with Crippen molar-refractivity contribution in [2.24, 2.45) is 35.5 Å². The number of hydrogen-bond acceptors (Lipinski definition) is 1. The maximum absolute atomic E-state index is 9.73. The van der Waals surface area contributed by atoms with Crippen molar-refractivity contribution in [2.45, 2.75) is 151 Å². The van der Waals surface area contributed by atoms with Crippen molar-refractivity contribution in [3.8, 4) is 0 Å². The van der Waals surface area contributed by atoms with Crippen LogP contribution in [-0.4, -0.2) is 11.7 Å². The maximum Gasteiger partial charge on any atom is 0.0459 e. The van der Waals surface area contributed by atoms with Crippen molar-refractivity contribution in [3.63, 3.8) is 0 Å². The van der Waals surface area contributed by atoms with Crippen LogP contribution >= 0.6 is 0 Å². The quantitative estimate of drug-likeness (QED) is 0.167. The average molecular weight is 439 g/mol.